The molecule has 112 valence electrons. The molecule has 4 rings (SSSR count). The van der Waals surface area contributed by atoms with Gasteiger partial charge in [-0.25, -0.2) is 9.50 Å². The van der Waals surface area contributed by atoms with Crippen LogP contribution in [0.5, 0.6) is 0 Å². The summed E-state index contributed by atoms with van der Waals surface area (Å²) < 4.78 is 13.6. The molecule has 6 nitrogen and oxygen atoms in total. The van der Waals surface area contributed by atoms with Crippen LogP contribution in [0.1, 0.15) is 18.5 Å². The van der Waals surface area contributed by atoms with Gasteiger partial charge in [0.25, 0.3) is 0 Å². The monoisotopic (exact) mass is 288 g/mol. The highest BCUT2D eigenvalue weighted by Gasteiger charge is 2.32. The van der Waals surface area contributed by atoms with Gasteiger partial charge < -0.3 is 14.4 Å². The zero-order chi connectivity index (χ0) is 14.2. The molecule has 0 N–H and O–H groups in total. The Morgan fingerprint density at radius 2 is 2.14 bits per heavy atom. The first-order chi connectivity index (χ1) is 10.3. The third kappa shape index (κ3) is 2.38. The van der Waals surface area contributed by atoms with Crippen molar-refractivity contribution < 1.29 is 9.47 Å². The Morgan fingerprint density at radius 3 is 3.00 bits per heavy atom. The van der Waals surface area contributed by atoms with E-state index < -0.39 is 0 Å². The van der Waals surface area contributed by atoms with Crippen LogP contribution in [-0.2, 0) is 9.47 Å². The van der Waals surface area contributed by atoms with Crippen LogP contribution >= 0.6 is 0 Å². The van der Waals surface area contributed by atoms with Crippen molar-refractivity contribution in [2.45, 2.75) is 32.0 Å². The minimum absolute atomic E-state index is 0.146. The number of hydrogen-bond acceptors (Lipinski definition) is 5. The van der Waals surface area contributed by atoms with E-state index in [0.717, 1.165) is 56.2 Å². The quantitative estimate of drug-likeness (QED) is 0.836. The van der Waals surface area contributed by atoms with Crippen molar-refractivity contribution in [2.24, 2.45) is 0 Å². The topological polar surface area (TPSA) is 51.9 Å². The second kappa shape index (κ2) is 5.27. The molecule has 0 radical (unpaired) electrons. The van der Waals surface area contributed by atoms with Crippen LogP contribution in [-0.4, -0.2) is 53.1 Å². The van der Waals surface area contributed by atoms with Gasteiger partial charge >= 0.3 is 0 Å². The molecule has 4 heterocycles. The summed E-state index contributed by atoms with van der Waals surface area (Å²) in [7, 11) is 0. The standard InChI is InChI=1S/C15H20N4O2/c1-11-9-12-15(16-4-5-19(12)17-11)18-6-8-21-14(10-18)13-3-2-7-20-13/h4-5,9,13-14H,2-3,6-8,10H2,1H3. The van der Waals surface area contributed by atoms with E-state index in [1.54, 1.807) is 0 Å². The van der Waals surface area contributed by atoms with Crippen LogP contribution in [0.2, 0.25) is 0 Å². The zero-order valence-electron chi connectivity index (χ0n) is 12.2. The molecule has 2 aliphatic heterocycles. The Balaban J connectivity index is 1.61. The van der Waals surface area contributed by atoms with Gasteiger partial charge in [-0.3, -0.25) is 0 Å². The summed E-state index contributed by atoms with van der Waals surface area (Å²) >= 11 is 0. The highest BCUT2D eigenvalue weighted by molar-refractivity contribution is 5.69. The summed E-state index contributed by atoms with van der Waals surface area (Å²) in [5, 5.41) is 4.46. The fourth-order valence-corrected chi connectivity index (χ4v) is 3.26. The number of rotatable bonds is 2. The first-order valence-electron chi connectivity index (χ1n) is 7.60. The minimum Gasteiger partial charge on any atom is -0.375 e. The molecule has 0 aliphatic carbocycles. The third-order valence-electron chi connectivity index (χ3n) is 4.26. The fourth-order valence-electron chi connectivity index (χ4n) is 3.26. The Hall–Kier alpha value is -1.66. The summed E-state index contributed by atoms with van der Waals surface area (Å²) in [6.07, 6.45) is 6.32. The maximum atomic E-state index is 5.91. The predicted molar refractivity (Wildman–Crippen MR) is 78.7 cm³/mol. The Morgan fingerprint density at radius 1 is 1.24 bits per heavy atom. The van der Waals surface area contributed by atoms with Crippen molar-refractivity contribution >= 4 is 11.3 Å². The maximum absolute atomic E-state index is 5.91. The Bertz CT molecular complexity index is 636. The summed E-state index contributed by atoms with van der Waals surface area (Å²) in [6, 6.07) is 2.08. The molecule has 2 atom stereocenters. The molecule has 2 saturated heterocycles. The van der Waals surface area contributed by atoms with Gasteiger partial charge in [0, 0.05) is 32.1 Å². The average molecular weight is 288 g/mol. The van der Waals surface area contributed by atoms with Gasteiger partial charge in [-0.05, 0) is 25.8 Å². The SMILES string of the molecule is Cc1cc2c(N3CCOC(C4CCCO4)C3)nccn2n1. The van der Waals surface area contributed by atoms with E-state index in [9.17, 15) is 0 Å². The predicted octanol–water partition coefficient (Wildman–Crippen LogP) is 1.42. The van der Waals surface area contributed by atoms with Crippen molar-refractivity contribution in [3.8, 4) is 0 Å². The van der Waals surface area contributed by atoms with Crippen LogP contribution in [0.25, 0.3) is 5.52 Å². The molecule has 0 spiro atoms. The van der Waals surface area contributed by atoms with E-state index in [1.807, 2.05) is 23.8 Å². The minimum atomic E-state index is 0.146. The lowest BCUT2D eigenvalue weighted by Gasteiger charge is -2.36. The maximum Gasteiger partial charge on any atom is 0.154 e. The highest BCUT2D eigenvalue weighted by atomic mass is 16.5. The second-order valence-electron chi connectivity index (χ2n) is 5.77. The van der Waals surface area contributed by atoms with Gasteiger partial charge in [0.05, 0.1) is 18.4 Å². The first kappa shape index (κ1) is 13.0. The molecule has 2 unspecified atom stereocenters. The van der Waals surface area contributed by atoms with Crippen LogP contribution in [0.4, 0.5) is 5.82 Å². The lowest BCUT2D eigenvalue weighted by Crippen LogP contribution is -2.48. The van der Waals surface area contributed by atoms with Gasteiger partial charge in [0.2, 0.25) is 0 Å². The number of nitrogens with zero attached hydrogens (tertiary/aromatic N) is 4. The van der Waals surface area contributed by atoms with Crippen LogP contribution in [0.3, 0.4) is 0 Å². The normalized spacial score (nSPS) is 26.6. The average Bonchev–Trinajstić information content (AvgIpc) is 3.15. The Labute approximate surface area is 123 Å². The first-order valence-corrected chi connectivity index (χ1v) is 7.60. The van der Waals surface area contributed by atoms with E-state index in [4.69, 9.17) is 9.47 Å². The summed E-state index contributed by atoms with van der Waals surface area (Å²) in [4.78, 5) is 6.87. The van der Waals surface area contributed by atoms with E-state index in [1.165, 1.54) is 0 Å². The molecule has 6 heteroatoms. The molecule has 2 aromatic rings. The van der Waals surface area contributed by atoms with E-state index in [2.05, 4.69) is 21.0 Å². The lowest BCUT2D eigenvalue weighted by atomic mass is 10.1. The summed E-state index contributed by atoms with van der Waals surface area (Å²) in [5.74, 6) is 0.990. The van der Waals surface area contributed by atoms with Gasteiger partial charge in [-0.2, -0.15) is 5.10 Å². The number of aryl methyl sites for hydroxylation is 1. The zero-order valence-corrected chi connectivity index (χ0v) is 12.2. The van der Waals surface area contributed by atoms with Gasteiger partial charge in [0.1, 0.15) is 11.6 Å². The smallest absolute Gasteiger partial charge is 0.154 e. The van der Waals surface area contributed by atoms with Gasteiger partial charge in [0.15, 0.2) is 5.82 Å². The van der Waals surface area contributed by atoms with E-state index in [0.29, 0.717) is 0 Å². The van der Waals surface area contributed by atoms with Crippen LogP contribution < -0.4 is 4.90 Å². The number of morpholine rings is 1. The number of anilines is 1. The third-order valence-corrected chi connectivity index (χ3v) is 4.26. The highest BCUT2D eigenvalue weighted by Crippen LogP contribution is 2.25. The number of hydrogen-bond donors (Lipinski definition) is 0. The molecular weight excluding hydrogens is 268 g/mol. The van der Waals surface area contributed by atoms with Crippen molar-refractivity contribution in [2.75, 3.05) is 31.2 Å². The van der Waals surface area contributed by atoms with Gasteiger partial charge in [-0.1, -0.05) is 0 Å². The van der Waals surface area contributed by atoms with Gasteiger partial charge in [-0.15, -0.1) is 0 Å². The van der Waals surface area contributed by atoms with E-state index >= 15 is 0 Å². The summed E-state index contributed by atoms with van der Waals surface area (Å²) in [5.41, 5.74) is 2.07. The van der Waals surface area contributed by atoms with Crippen molar-refractivity contribution in [3.63, 3.8) is 0 Å². The molecular formula is C15H20N4O2. The summed E-state index contributed by atoms with van der Waals surface area (Å²) in [6.45, 7) is 5.29. The van der Waals surface area contributed by atoms with Crippen molar-refractivity contribution in [1.82, 2.24) is 14.6 Å². The largest absolute Gasteiger partial charge is 0.375 e. The molecule has 0 bridgehead atoms. The molecule has 0 aromatic carbocycles. The second-order valence-corrected chi connectivity index (χ2v) is 5.77. The van der Waals surface area contributed by atoms with Crippen molar-refractivity contribution in [1.29, 1.82) is 0 Å². The Kier molecular flexibility index (Phi) is 3.27. The van der Waals surface area contributed by atoms with Crippen LogP contribution in [0, 0.1) is 6.92 Å². The van der Waals surface area contributed by atoms with Crippen molar-refractivity contribution in [3.05, 3.63) is 24.2 Å². The molecule has 0 amide bonds. The molecule has 2 aliphatic rings. The molecule has 2 aromatic heterocycles. The van der Waals surface area contributed by atoms with E-state index in [-0.39, 0.29) is 12.2 Å². The van der Waals surface area contributed by atoms with Crippen LogP contribution in [0.15, 0.2) is 18.5 Å². The number of aromatic nitrogens is 3. The molecule has 21 heavy (non-hydrogen) atoms. The number of ether oxygens (including phenoxy) is 2. The fraction of sp³-hybridized carbons (Fsp3) is 0.600. The number of fused-ring (bicyclic) bond motifs is 1. The lowest BCUT2D eigenvalue weighted by molar-refractivity contribution is -0.0544. The molecule has 0 saturated carbocycles. The molecule has 2 fully saturated rings.